The van der Waals surface area contributed by atoms with Crippen LogP contribution in [-0.4, -0.2) is 62.6 Å². The van der Waals surface area contributed by atoms with Gasteiger partial charge < -0.3 is 15.0 Å². The number of likely N-dealkylation sites (N-methyl/N-ethyl adjacent to an activating group) is 1. The predicted octanol–water partition coefficient (Wildman–Crippen LogP) is 2.29. The molecule has 1 aliphatic heterocycles. The Morgan fingerprint density at radius 3 is 2.40 bits per heavy atom. The Morgan fingerprint density at radius 2 is 1.80 bits per heavy atom. The van der Waals surface area contributed by atoms with Crippen LogP contribution in [0.4, 0.5) is 0 Å². The molecule has 1 heterocycles. The SMILES string of the molecule is COc1ccc([C@@H](CN2CCN(C)CC2)NC(=O)C2CCCC2)cc1. The highest BCUT2D eigenvalue weighted by Gasteiger charge is 2.27. The number of nitrogens with one attached hydrogen (secondary N) is 1. The molecule has 1 aliphatic carbocycles. The summed E-state index contributed by atoms with van der Waals surface area (Å²) in [5.74, 6) is 1.28. The van der Waals surface area contributed by atoms with E-state index in [-0.39, 0.29) is 17.9 Å². The maximum absolute atomic E-state index is 12.7. The molecule has 0 bridgehead atoms. The molecule has 1 aromatic rings. The van der Waals surface area contributed by atoms with Crippen LogP contribution in [0.1, 0.15) is 37.3 Å². The number of benzene rings is 1. The molecule has 0 spiro atoms. The van der Waals surface area contributed by atoms with E-state index in [1.165, 1.54) is 12.8 Å². The average molecular weight is 345 g/mol. The molecule has 3 rings (SSSR count). The largest absolute Gasteiger partial charge is 0.497 e. The first-order chi connectivity index (χ1) is 12.2. The van der Waals surface area contributed by atoms with Crippen molar-refractivity contribution in [3.63, 3.8) is 0 Å². The molecule has 2 aliphatic rings. The van der Waals surface area contributed by atoms with E-state index in [4.69, 9.17) is 4.74 Å². The minimum absolute atomic E-state index is 0.0439. The molecule has 138 valence electrons. The number of carbonyl (C=O) groups is 1. The van der Waals surface area contributed by atoms with E-state index in [9.17, 15) is 4.79 Å². The van der Waals surface area contributed by atoms with E-state index in [1.54, 1.807) is 7.11 Å². The highest BCUT2D eigenvalue weighted by atomic mass is 16.5. The lowest BCUT2D eigenvalue weighted by atomic mass is 10.0. The maximum atomic E-state index is 12.7. The van der Waals surface area contributed by atoms with Crippen LogP contribution in [0, 0.1) is 5.92 Å². The van der Waals surface area contributed by atoms with E-state index in [0.717, 1.165) is 56.9 Å². The van der Waals surface area contributed by atoms with E-state index in [0.29, 0.717) is 0 Å². The number of hydrogen-bond donors (Lipinski definition) is 1. The van der Waals surface area contributed by atoms with E-state index in [1.807, 2.05) is 12.1 Å². The zero-order valence-corrected chi connectivity index (χ0v) is 15.5. The van der Waals surface area contributed by atoms with Crippen LogP contribution in [0.2, 0.25) is 0 Å². The maximum Gasteiger partial charge on any atom is 0.223 e. The van der Waals surface area contributed by atoms with Crippen LogP contribution < -0.4 is 10.1 Å². The second-order valence-corrected chi connectivity index (χ2v) is 7.42. The van der Waals surface area contributed by atoms with Gasteiger partial charge in [0.05, 0.1) is 13.2 Å². The molecular formula is C20H31N3O2. The second kappa shape index (κ2) is 8.68. The third kappa shape index (κ3) is 4.95. The first-order valence-electron chi connectivity index (χ1n) is 9.51. The Bertz CT molecular complexity index is 547. The number of piperazine rings is 1. The number of methoxy groups -OCH3 is 1. The molecule has 0 radical (unpaired) electrons. The van der Waals surface area contributed by atoms with Crippen LogP contribution in [0.5, 0.6) is 5.75 Å². The molecule has 0 aromatic heterocycles. The normalized spacial score (nSPS) is 21.2. The second-order valence-electron chi connectivity index (χ2n) is 7.42. The number of amides is 1. The molecule has 1 N–H and O–H groups in total. The van der Waals surface area contributed by atoms with E-state index < -0.39 is 0 Å². The van der Waals surface area contributed by atoms with Crippen molar-refractivity contribution in [1.29, 1.82) is 0 Å². The summed E-state index contributed by atoms with van der Waals surface area (Å²) in [4.78, 5) is 17.5. The Balaban J connectivity index is 1.68. The topological polar surface area (TPSA) is 44.8 Å². The number of carbonyl (C=O) groups excluding carboxylic acids is 1. The zero-order chi connectivity index (χ0) is 17.6. The Labute approximate surface area is 151 Å². The first kappa shape index (κ1) is 18.2. The van der Waals surface area contributed by atoms with Crippen molar-refractivity contribution in [3.05, 3.63) is 29.8 Å². The van der Waals surface area contributed by atoms with Gasteiger partial charge in [0.1, 0.15) is 5.75 Å². The van der Waals surface area contributed by atoms with Gasteiger partial charge in [-0.1, -0.05) is 25.0 Å². The molecule has 5 heteroatoms. The highest BCUT2D eigenvalue weighted by molar-refractivity contribution is 5.79. The Hall–Kier alpha value is -1.59. The summed E-state index contributed by atoms with van der Waals surface area (Å²) in [5, 5.41) is 3.34. The summed E-state index contributed by atoms with van der Waals surface area (Å²) in [6, 6.07) is 8.16. The fraction of sp³-hybridized carbons (Fsp3) is 0.650. The average Bonchev–Trinajstić information content (AvgIpc) is 3.18. The van der Waals surface area contributed by atoms with Crippen molar-refractivity contribution in [1.82, 2.24) is 15.1 Å². The molecule has 2 fully saturated rings. The molecule has 1 saturated carbocycles. The van der Waals surface area contributed by atoms with Crippen LogP contribution >= 0.6 is 0 Å². The third-order valence-corrected chi connectivity index (χ3v) is 5.60. The highest BCUT2D eigenvalue weighted by Crippen LogP contribution is 2.26. The lowest BCUT2D eigenvalue weighted by molar-refractivity contribution is -0.125. The van der Waals surface area contributed by atoms with Gasteiger partial charge in [-0.2, -0.15) is 0 Å². The van der Waals surface area contributed by atoms with Crippen LogP contribution in [0.25, 0.3) is 0 Å². The molecular weight excluding hydrogens is 314 g/mol. The molecule has 1 atom stereocenters. The van der Waals surface area contributed by atoms with Gasteiger partial charge in [0.2, 0.25) is 5.91 Å². The fourth-order valence-electron chi connectivity index (χ4n) is 3.84. The van der Waals surface area contributed by atoms with Crippen molar-refractivity contribution >= 4 is 5.91 Å². The van der Waals surface area contributed by atoms with Crippen molar-refractivity contribution in [2.75, 3.05) is 46.9 Å². The number of hydrogen-bond acceptors (Lipinski definition) is 4. The first-order valence-corrected chi connectivity index (χ1v) is 9.51. The molecule has 1 aromatic carbocycles. The quantitative estimate of drug-likeness (QED) is 0.859. The fourth-order valence-corrected chi connectivity index (χ4v) is 3.84. The lowest BCUT2D eigenvalue weighted by Crippen LogP contribution is -2.48. The number of ether oxygens (including phenoxy) is 1. The van der Waals surface area contributed by atoms with Crippen LogP contribution in [-0.2, 0) is 4.79 Å². The monoisotopic (exact) mass is 345 g/mol. The summed E-state index contributed by atoms with van der Waals surface area (Å²) >= 11 is 0. The van der Waals surface area contributed by atoms with Gasteiger partial charge in [-0.3, -0.25) is 9.69 Å². The van der Waals surface area contributed by atoms with Gasteiger partial charge in [-0.15, -0.1) is 0 Å². The number of rotatable bonds is 6. The van der Waals surface area contributed by atoms with Crippen LogP contribution in [0.15, 0.2) is 24.3 Å². The minimum atomic E-state index is 0.0439. The van der Waals surface area contributed by atoms with Crippen molar-refractivity contribution < 1.29 is 9.53 Å². The van der Waals surface area contributed by atoms with Gasteiger partial charge in [-0.05, 0) is 37.6 Å². The van der Waals surface area contributed by atoms with Gasteiger partial charge in [0, 0.05) is 38.6 Å². The van der Waals surface area contributed by atoms with Gasteiger partial charge >= 0.3 is 0 Å². The van der Waals surface area contributed by atoms with Crippen LogP contribution in [0.3, 0.4) is 0 Å². The molecule has 25 heavy (non-hydrogen) atoms. The smallest absolute Gasteiger partial charge is 0.223 e. The summed E-state index contributed by atoms with van der Waals surface area (Å²) in [5.41, 5.74) is 1.16. The third-order valence-electron chi connectivity index (χ3n) is 5.60. The molecule has 0 unspecified atom stereocenters. The van der Waals surface area contributed by atoms with E-state index in [2.05, 4.69) is 34.3 Å². The Morgan fingerprint density at radius 1 is 1.16 bits per heavy atom. The lowest BCUT2D eigenvalue weighted by Gasteiger charge is -2.35. The van der Waals surface area contributed by atoms with Gasteiger partial charge in [0.15, 0.2) is 0 Å². The van der Waals surface area contributed by atoms with Gasteiger partial charge in [-0.25, -0.2) is 0 Å². The van der Waals surface area contributed by atoms with Crippen molar-refractivity contribution in [2.24, 2.45) is 5.92 Å². The predicted molar refractivity (Wildman–Crippen MR) is 99.8 cm³/mol. The summed E-state index contributed by atoms with van der Waals surface area (Å²) in [6.07, 6.45) is 4.44. The molecule has 1 amide bonds. The minimum Gasteiger partial charge on any atom is -0.497 e. The summed E-state index contributed by atoms with van der Waals surface area (Å²) in [6.45, 7) is 5.17. The Kier molecular flexibility index (Phi) is 6.32. The summed E-state index contributed by atoms with van der Waals surface area (Å²) < 4.78 is 5.27. The summed E-state index contributed by atoms with van der Waals surface area (Å²) in [7, 11) is 3.85. The van der Waals surface area contributed by atoms with Crippen molar-refractivity contribution in [2.45, 2.75) is 31.7 Å². The van der Waals surface area contributed by atoms with E-state index >= 15 is 0 Å². The van der Waals surface area contributed by atoms with Gasteiger partial charge in [0.25, 0.3) is 0 Å². The van der Waals surface area contributed by atoms with Crippen molar-refractivity contribution in [3.8, 4) is 5.75 Å². The number of nitrogens with zero attached hydrogens (tertiary/aromatic N) is 2. The molecule has 1 saturated heterocycles. The standard InChI is InChI=1S/C20H31N3O2/c1-22-11-13-23(14-12-22)15-19(16-7-9-18(25-2)10-8-16)21-20(24)17-5-3-4-6-17/h7-10,17,19H,3-6,11-15H2,1-2H3,(H,21,24)/t19-/m1/s1. The molecule has 5 nitrogen and oxygen atoms in total. The zero-order valence-electron chi connectivity index (χ0n) is 15.5.